The first kappa shape index (κ1) is 20.3. The zero-order valence-electron chi connectivity index (χ0n) is 17.9. The third kappa shape index (κ3) is 3.63. The number of hydrogen-bond donors (Lipinski definition) is 1. The van der Waals surface area contributed by atoms with E-state index < -0.39 is 0 Å². The molecule has 4 rings (SSSR count). The van der Waals surface area contributed by atoms with Gasteiger partial charge in [0.05, 0.1) is 11.8 Å². The second-order valence-electron chi connectivity index (χ2n) is 8.10. The number of aryl methyl sites for hydroxylation is 1. The first-order valence-electron chi connectivity index (χ1n) is 10.2. The SMILES string of the molecule is CO[C@H]1CC[C@H](n2c(=O)c(-c3ccc(N(C)C)nc3)cc3c(C)nc(N)nc32)CC1. The van der Waals surface area contributed by atoms with E-state index in [0.717, 1.165) is 48.1 Å². The van der Waals surface area contributed by atoms with Crippen LogP contribution in [0.3, 0.4) is 0 Å². The average Bonchev–Trinajstić information content (AvgIpc) is 2.73. The molecule has 0 saturated heterocycles. The van der Waals surface area contributed by atoms with E-state index in [1.165, 1.54) is 0 Å². The Labute approximate surface area is 175 Å². The topological polar surface area (TPSA) is 99.2 Å². The van der Waals surface area contributed by atoms with E-state index in [1.54, 1.807) is 13.3 Å². The van der Waals surface area contributed by atoms with Gasteiger partial charge in [-0.1, -0.05) is 0 Å². The summed E-state index contributed by atoms with van der Waals surface area (Å²) in [5.74, 6) is 1.02. The Morgan fingerprint density at radius 2 is 1.90 bits per heavy atom. The van der Waals surface area contributed by atoms with Crippen molar-refractivity contribution in [1.82, 2.24) is 19.5 Å². The quantitative estimate of drug-likeness (QED) is 0.708. The van der Waals surface area contributed by atoms with Crippen molar-refractivity contribution in [1.29, 1.82) is 0 Å². The van der Waals surface area contributed by atoms with E-state index in [0.29, 0.717) is 11.2 Å². The second kappa shape index (κ2) is 8.02. The maximum Gasteiger partial charge on any atom is 0.260 e. The third-order valence-corrected chi connectivity index (χ3v) is 5.96. The van der Waals surface area contributed by atoms with Crippen LogP contribution in [0.2, 0.25) is 0 Å². The van der Waals surface area contributed by atoms with Gasteiger partial charge in [0.2, 0.25) is 5.95 Å². The van der Waals surface area contributed by atoms with E-state index in [1.807, 2.05) is 48.7 Å². The second-order valence-corrected chi connectivity index (χ2v) is 8.10. The molecule has 8 heteroatoms. The summed E-state index contributed by atoms with van der Waals surface area (Å²) in [7, 11) is 5.62. The number of nitrogen functional groups attached to an aromatic ring is 1. The van der Waals surface area contributed by atoms with Gasteiger partial charge in [-0.2, -0.15) is 4.98 Å². The molecule has 3 aromatic heterocycles. The van der Waals surface area contributed by atoms with Gasteiger partial charge in [-0.25, -0.2) is 9.97 Å². The zero-order chi connectivity index (χ0) is 21.4. The van der Waals surface area contributed by atoms with Crippen molar-refractivity contribution in [2.75, 3.05) is 31.8 Å². The lowest BCUT2D eigenvalue weighted by Crippen LogP contribution is -2.31. The molecule has 0 aromatic carbocycles. The largest absolute Gasteiger partial charge is 0.381 e. The van der Waals surface area contributed by atoms with Gasteiger partial charge < -0.3 is 15.4 Å². The number of ether oxygens (including phenoxy) is 1. The van der Waals surface area contributed by atoms with E-state index in [2.05, 4.69) is 15.0 Å². The van der Waals surface area contributed by atoms with Gasteiger partial charge in [-0.15, -0.1) is 0 Å². The summed E-state index contributed by atoms with van der Waals surface area (Å²) in [5, 5.41) is 0.837. The molecule has 158 valence electrons. The Morgan fingerprint density at radius 3 is 2.50 bits per heavy atom. The highest BCUT2D eigenvalue weighted by Gasteiger charge is 2.26. The predicted molar refractivity (Wildman–Crippen MR) is 119 cm³/mol. The van der Waals surface area contributed by atoms with Crippen molar-refractivity contribution in [3.63, 3.8) is 0 Å². The lowest BCUT2D eigenvalue weighted by molar-refractivity contribution is 0.0585. The third-order valence-electron chi connectivity index (χ3n) is 5.96. The van der Waals surface area contributed by atoms with Crippen LogP contribution in [0.1, 0.15) is 37.4 Å². The Morgan fingerprint density at radius 1 is 1.17 bits per heavy atom. The Hall–Kier alpha value is -3.00. The van der Waals surface area contributed by atoms with Crippen LogP contribution in [-0.2, 0) is 4.74 Å². The molecule has 0 aliphatic heterocycles. The first-order valence-corrected chi connectivity index (χ1v) is 10.2. The van der Waals surface area contributed by atoms with Crippen molar-refractivity contribution in [2.24, 2.45) is 0 Å². The van der Waals surface area contributed by atoms with Crippen LogP contribution < -0.4 is 16.2 Å². The number of pyridine rings is 2. The first-order chi connectivity index (χ1) is 14.4. The van der Waals surface area contributed by atoms with Crippen LogP contribution in [0, 0.1) is 6.92 Å². The minimum Gasteiger partial charge on any atom is -0.381 e. The van der Waals surface area contributed by atoms with Crippen molar-refractivity contribution < 1.29 is 4.74 Å². The summed E-state index contributed by atoms with van der Waals surface area (Å²) < 4.78 is 7.33. The molecule has 0 spiro atoms. The van der Waals surface area contributed by atoms with Crippen LogP contribution in [0.15, 0.2) is 29.2 Å². The van der Waals surface area contributed by atoms with Crippen LogP contribution in [0.25, 0.3) is 22.2 Å². The molecule has 30 heavy (non-hydrogen) atoms. The fraction of sp³-hybridized carbons (Fsp3) is 0.455. The summed E-state index contributed by atoms with van der Waals surface area (Å²) in [6, 6.07) is 5.77. The van der Waals surface area contributed by atoms with Crippen molar-refractivity contribution >= 4 is 22.8 Å². The molecule has 0 atom stereocenters. The van der Waals surface area contributed by atoms with Gasteiger partial charge in [0.25, 0.3) is 5.56 Å². The maximum atomic E-state index is 13.7. The molecule has 0 radical (unpaired) electrons. The van der Waals surface area contributed by atoms with Crippen LogP contribution >= 0.6 is 0 Å². The normalized spacial score (nSPS) is 19.2. The maximum absolute atomic E-state index is 13.7. The molecule has 0 bridgehead atoms. The average molecular weight is 409 g/mol. The molecule has 1 saturated carbocycles. The lowest BCUT2D eigenvalue weighted by Gasteiger charge is -2.30. The molecule has 8 nitrogen and oxygen atoms in total. The molecule has 1 aliphatic carbocycles. The summed E-state index contributed by atoms with van der Waals surface area (Å²) in [5.41, 5.74) is 8.62. The molecule has 1 fully saturated rings. The highest BCUT2D eigenvalue weighted by atomic mass is 16.5. The molecular weight excluding hydrogens is 380 g/mol. The van der Waals surface area contributed by atoms with E-state index >= 15 is 0 Å². The molecule has 0 amide bonds. The highest BCUT2D eigenvalue weighted by Crippen LogP contribution is 2.32. The molecule has 1 aliphatic rings. The number of fused-ring (bicyclic) bond motifs is 1. The molecular formula is C22H28N6O2. The summed E-state index contributed by atoms with van der Waals surface area (Å²) in [6.07, 6.45) is 5.54. The number of methoxy groups -OCH3 is 1. The van der Waals surface area contributed by atoms with E-state index in [-0.39, 0.29) is 23.7 Å². The van der Waals surface area contributed by atoms with Crippen molar-refractivity contribution in [2.45, 2.75) is 44.8 Å². The fourth-order valence-electron chi connectivity index (χ4n) is 4.27. The zero-order valence-corrected chi connectivity index (χ0v) is 17.9. The number of rotatable bonds is 4. The fourth-order valence-corrected chi connectivity index (χ4v) is 4.27. The van der Waals surface area contributed by atoms with Crippen molar-refractivity contribution in [3.05, 3.63) is 40.4 Å². The number of nitrogens with zero attached hydrogens (tertiary/aromatic N) is 5. The monoisotopic (exact) mass is 408 g/mol. The van der Waals surface area contributed by atoms with Gasteiger partial charge >= 0.3 is 0 Å². The molecule has 3 heterocycles. The van der Waals surface area contributed by atoms with E-state index in [4.69, 9.17) is 10.5 Å². The number of anilines is 2. The standard InChI is InChI=1S/C22H28N6O2/c1-13-17-11-18(14-5-10-19(24-12-14)27(2)3)21(29)28(20(17)26-22(23)25-13)15-6-8-16(30-4)9-7-15/h5,10-12,15-16H,6-9H2,1-4H3,(H2,23,25,26)/t15-,16-. The minimum atomic E-state index is -0.0692. The summed E-state index contributed by atoms with van der Waals surface area (Å²) >= 11 is 0. The smallest absolute Gasteiger partial charge is 0.260 e. The molecule has 3 aromatic rings. The van der Waals surface area contributed by atoms with Gasteiger partial charge in [-0.05, 0) is 50.8 Å². The number of hydrogen-bond acceptors (Lipinski definition) is 7. The van der Waals surface area contributed by atoms with Gasteiger partial charge in [0.1, 0.15) is 11.5 Å². The van der Waals surface area contributed by atoms with Gasteiger partial charge in [-0.3, -0.25) is 9.36 Å². The minimum absolute atomic E-state index is 0.0501. The Balaban J connectivity index is 1.90. The van der Waals surface area contributed by atoms with E-state index in [9.17, 15) is 4.79 Å². The molecule has 0 unspecified atom stereocenters. The summed E-state index contributed by atoms with van der Waals surface area (Å²) in [6.45, 7) is 1.90. The van der Waals surface area contributed by atoms with Crippen LogP contribution in [-0.4, -0.2) is 46.8 Å². The Kier molecular flexibility index (Phi) is 5.42. The Bertz CT molecular complexity index is 1120. The number of aromatic nitrogens is 4. The molecule has 2 N–H and O–H groups in total. The van der Waals surface area contributed by atoms with Crippen molar-refractivity contribution in [3.8, 4) is 11.1 Å². The van der Waals surface area contributed by atoms with Gasteiger partial charge in [0, 0.05) is 50.0 Å². The lowest BCUT2D eigenvalue weighted by atomic mass is 9.92. The predicted octanol–water partition coefficient (Wildman–Crippen LogP) is 2.94. The van der Waals surface area contributed by atoms with Crippen LogP contribution in [0.5, 0.6) is 0 Å². The summed E-state index contributed by atoms with van der Waals surface area (Å²) in [4.78, 5) is 28.9. The highest BCUT2D eigenvalue weighted by molar-refractivity contribution is 5.84. The van der Waals surface area contributed by atoms with Gasteiger partial charge in [0.15, 0.2) is 0 Å². The number of nitrogens with two attached hydrogens (primary N) is 1. The van der Waals surface area contributed by atoms with Crippen LogP contribution in [0.4, 0.5) is 11.8 Å².